The minimum absolute atomic E-state index is 0.282. The predicted octanol–water partition coefficient (Wildman–Crippen LogP) is 5.02. The van der Waals surface area contributed by atoms with Crippen LogP contribution in [0.2, 0.25) is 0 Å². The Balaban J connectivity index is 2.33. The van der Waals surface area contributed by atoms with Crippen molar-refractivity contribution in [2.75, 3.05) is 5.88 Å². The van der Waals surface area contributed by atoms with Crippen molar-refractivity contribution in [2.45, 2.75) is 13.3 Å². The van der Waals surface area contributed by atoms with Crippen molar-refractivity contribution in [1.29, 1.82) is 0 Å². The van der Waals surface area contributed by atoms with Gasteiger partial charge in [0, 0.05) is 22.8 Å². The zero-order valence-electron chi connectivity index (χ0n) is 11.4. The van der Waals surface area contributed by atoms with Gasteiger partial charge < -0.3 is 0 Å². The molecule has 5 heteroatoms. The maximum absolute atomic E-state index is 13.4. The number of fused-ring (bicyclic) bond motifs is 1. The lowest BCUT2D eigenvalue weighted by molar-refractivity contribution is 0.629. The molecule has 0 fully saturated rings. The van der Waals surface area contributed by atoms with Crippen LogP contribution in [0.25, 0.3) is 16.7 Å². The highest BCUT2D eigenvalue weighted by Gasteiger charge is 2.14. The lowest BCUT2D eigenvalue weighted by Gasteiger charge is -2.12. The van der Waals surface area contributed by atoms with Crippen LogP contribution in [0.15, 0.2) is 40.9 Å². The van der Waals surface area contributed by atoms with Crippen LogP contribution < -0.4 is 0 Å². The van der Waals surface area contributed by atoms with E-state index < -0.39 is 0 Å². The number of rotatable bonds is 3. The summed E-state index contributed by atoms with van der Waals surface area (Å²) in [5.74, 6) is 1.03. The fourth-order valence-electron chi connectivity index (χ4n) is 2.45. The molecule has 3 aromatic rings. The molecular weight excluding hydrogens is 355 g/mol. The number of aryl methyl sites for hydroxylation is 2. The largest absolute Gasteiger partial charge is 0.296 e. The zero-order chi connectivity index (χ0) is 15.0. The van der Waals surface area contributed by atoms with Crippen molar-refractivity contribution in [1.82, 2.24) is 9.55 Å². The fourth-order valence-corrected chi connectivity index (χ4v) is 2.97. The molecular formula is C16H13BrClFN2. The second-order valence-electron chi connectivity index (χ2n) is 4.87. The van der Waals surface area contributed by atoms with Gasteiger partial charge in [0.1, 0.15) is 11.6 Å². The van der Waals surface area contributed by atoms with Gasteiger partial charge in [0.2, 0.25) is 0 Å². The Kier molecular flexibility index (Phi) is 4.00. The number of halogens is 3. The lowest BCUT2D eigenvalue weighted by Crippen LogP contribution is -2.04. The molecule has 0 unspecified atom stereocenters. The number of aromatic nitrogens is 2. The SMILES string of the molecule is Cc1ccc(Br)cc1-n1c(CCCl)nc2cc(F)ccc21. The van der Waals surface area contributed by atoms with E-state index in [1.807, 2.05) is 25.1 Å². The quantitative estimate of drug-likeness (QED) is 0.595. The Morgan fingerprint density at radius 3 is 2.81 bits per heavy atom. The number of benzene rings is 2. The predicted molar refractivity (Wildman–Crippen MR) is 87.9 cm³/mol. The third kappa shape index (κ3) is 2.70. The van der Waals surface area contributed by atoms with E-state index >= 15 is 0 Å². The Bertz CT molecular complexity index is 813. The number of imidazole rings is 1. The normalized spacial score (nSPS) is 11.2. The number of nitrogens with zero attached hydrogens (tertiary/aromatic N) is 2. The van der Waals surface area contributed by atoms with Crippen molar-refractivity contribution in [3.63, 3.8) is 0 Å². The first-order valence-electron chi connectivity index (χ1n) is 6.59. The summed E-state index contributed by atoms with van der Waals surface area (Å²) in [5.41, 5.74) is 3.68. The summed E-state index contributed by atoms with van der Waals surface area (Å²) >= 11 is 9.39. The highest BCUT2D eigenvalue weighted by Crippen LogP contribution is 2.27. The van der Waals surface area contributed by atoms with Crippen LogP contribution in [0.4, 0.5) is 4.39 Å². The third-order valence-corrected chi connectivity index (χ3v) is 4.10. The van der Waals surface area contributed by atoms with Gasteiger partial charge >= 0.3 is 0 Å². The third-order valence-electron chi connectivity index (χ3n) is 3.42. The van der Waals surface area contributed by atoms with Crippen LogP contribution in [0.1, 0.15) is 11.4 Å². The molecule has 3 rings (SSSR count). The summed E-state index contributed by atoms with van der Waals surface area (Å²) in [6.07, 6.45) is 0.629. The molecule has 1 aromatic heterocycles. The average molecular weight is 368 g/mol. The van der Waals surface area contributed by atoms with E-state index in [1.165, 1.54) is 12.1 Å². The molecule has 0 radical (unpaired) electrons. The number of alkyl halides is 1. The van der Waals surface area contributed by atoms with Crippen molar-refractivity contribution in [2.24, 2.45) is 0 Å². The smallest absolute Gasteiger partial charge is 0.125 e. The minimum Gasteiger partial charge on any atom is -0.296 e. The number of hydrogen-bond donors (Lipinski definition) is 0. The molecule has 0 aliphatic carbocycles. The molecule has 0 saturated carbocycles. The van der Waals surface area contributed by atoms with E-state index in [9.17, 15) is 4.39 Å². The van der Waals surface area contributed by atoms with E-state index in [0.717, 1.165) is 27.1 Å². The van der Waals surface area contributed by atoms with Crippen LogP contribution in [-0.2, 0) is 6.42 Å². The van der Waals surface area contributed by atoms with Crippen molar-refractivity contribution < 1.29 is 4.39 Å². The summed E-state index contributed by atoms with van der Waals surface area (Å²) in [7, 11) is 0. The maximum atomic E-state index is 13.4. The molecule has 0 saturated heterocycles. The zero-order valence-corrected chi connectivity index (χ0v) is 13.7. The van der Waals surface area contributed by atoms with Crippen molar-refractivity contribution >= 4 is 38.6 Å². The molecule has 0 aliphatic heterocycles. The van der Waals surface area contributed by atoms with E-state index in [0.29, 0.717) is 17.8 Å². The van der Waals surface area contributed by atoms with Gasteiger partial charge in [-0.15, -0.1) is 11.6 Å². The van der Waals surface area contributed by atoms with E-state index in [2.05, 4.69) is 25.5 Å². The molecule has 108 valence electrons. The van der Waals surface area contributed by atoms with Gasteiger partial charge in [-0.1, -0.05) is 22.0 Å². The second-order valence-corrected chi connectivity index (χ2v) is 6.16. The molecule has 21 heavy (non-hydrogen) atoms. The highest BCUT2D eigenvalue weighted by molar-refractivity contribution is 9.10. The second kappa shape index (κ2) is 5.78. The molecule has 0 atom stereocenters. The van der Waals surface area contributed by atoms with Gasteiger partial charge in [0.15, 0.2) is 0 Å². The Morgan fingerprint density at radius 1 is 1.24 bits per heavy atom. The molecule has 2 nitrogen and oxygen atoms in total. The van der Waals surface area contributed by atoms with Gasteiger partial charge in [-0.05, 0) is 36.8 Å². The molecule has 0 bridgehead atoms. The highest BCUT2D eigenvalue weighted by atomic mass is 79.9. The van der Waals surface area contributed by atoms with E-state index in [1.54, 1.807) is 6.07 Å². The Hall–Kier alpha value is -1.39. The van der Waals surface area contributed by atoms with Crippen molar-refractivity contribution in [3.05, 3.63) is 58.1 Å². The first-order chi connectivity index (χ1) is 10.1. The molecule has 0 amide bonds. The van der Waals surface area contributed by atoms with Gasteiger partial charge in [-0.3, -0.25) is 4.57 Å². The summed E-state index contributed by atoms with van der Waals surface area (Å²) in [5, 5.41) is 0. The Labute approximate surface area is 135 Å². The molecule has 2 aromatic carbocycles. The van der Waals surface area contributed by atoms with Crippen LogP contribution in [0, 0.1) is 12.7 Å². The lowest BCUT2D eigenvalue weighted by atomic mass is 10.2. The summed E-state index contributed by atoms with van der Waals surface area (Å²) in [6, 6.07) is 10.8. The van der Waals surface area contributed by atoms with E-state index in [4.69, 9.17) is 11.6 Å². The van der Waals surface area contributed by atoms with Gasteiger partial charge in [-0.2, -0.15) is 0 Å². The monoisotopic (exact) mass is 366 g/mol. The molecule has 0 aliphatic rings. The van der Waals surface area contributed by atoms with Gasteiger partial charge in [-0.25, -0.2) is 9.37 Å². The maximum Gasteiger partial charge on any atom is 0.125 e. The molecule has 0 spiro atoms. The van der Waals surface area contributed by atoms with Gasteiger partial charge in [0.25, 0.3) is 0 Å². The van der Waals surface area contributed by atoms with Crippen LogP contribution in [0.5, 0.6) is 0 Å². The fraction of sp³-hybridized carbons (Fsp3) is 0.188. The van der Waals surface area contributed by atoms with Crippen LogP contribution in [-0.4, -0.2) is 15.4 Å². The summed E-state index contributed by atoms with van der Waals surface area (Å²) in [6.45, 7) is 2.04. The average Bonchev–Trinajstić information content (AvgIpc) is 2.79. The topological polar surface area (TPSA) is 17.8 Å². The minimum atomic E-state index is -0.282. The first-order valence-corrected chi connectivity index (χ1v) is 7.92. The molecule has 0 N–H and O–H groups in total. The van der Waals surface area contributed by atoms with Gasteiger partial charge in [0.05, 0.1) is 16.7 Å². The first kappa shape index (κ1) is 14.5. The van der Waals surface area contributed by atoms with Crippen LogP contribution in [0.3, 0.4) is 0 Å². The summed E-state index contributed by atoms with van der Waals surface area (Å²) in [4.78, 5) is 4.53. The van der Waals surface area contributed by atoms with Crippen LogP contribution >= 0.6 is 27.5 Å². The van der Waals surface area contributed by atoms with E-state index in [-0.39, 0.29) is 5.82 Å². The van der Waals surface area contributed by atoms with Crippen molar-refractivity contribution in [3.8, 4) is 5.69 Å². The standard InChI is InChI=1S/C16H13BrClFN2/c1-10-2-3-11(17)8-15(10)21-14-5-4-12(19)9-13(14)20-16(21)6-7-18/h2-5,8-9H,6-7H2,1H3. The number of hydrogen-bond acceptors (Lipinski definition) is 1. The summed E-state index contributed by atoms with van der Waals surface area (Å²) < 4.78 is 16.5. The molecule has 1 heterocycles. The Morgan fingerprint density at radius 2 is 2.05 bits per heavy atom.